The Morgan fingerprint density at radius 3 is 2.45 bits per heavy atom. The Balaban J connectivity index is 1.28. The van der Waals surface area contributed by atoms with Crippen molar-refractivity contribution < 1.29 is 32.2 Å². The largest absolute Gasteiger partial charge is 0.497 e. The summed E-state index contributed by atoms with van der Waals surface area (Å²) in [6, 6.07) is 15.6. The maximum absolute atomic E-state index is 14.3. The highest BCUT2D eigenvalue weighted by Gasteiger charge is 2.39. The number of aromatic nitrogens is 3. The first-order valence-corrected chi connectivity index (χ1v) is 13.4. The quantitative estimate of drug-likeness (QED) is 0.304. The maximum Gasteiger partial charge on any atom is 0.433 e. The van der Waals surface area contributed by atoms with Crippen molar-refractivity contribution >= 4 is 22.5 Å². The van der Waals surface area contributed by atoms with E-state index < -0.39 is 23.8 Å². The van der Waals surface area contributed by atoms with E-state index in [1.165, 1.54) is 14.0 Å². The lowest BCUT2D eigenvalue weighted by molar-refractivity contribution is -0.143. The van der Waals surface area contributed by atoms with Gasteiger partial charge in [-0.15, -0.1) is 0 Å². The zero-order valence-electron chi connectivity index (χ0n) is 22.9. The van der Waals surface area contributed by atoms with Crippen molar-refractivity contribution in [1.82, 2.24) is 24.4 Å². The second-order valence-electron chi connectivity index (χ2n) is 10.2. The average molecular weight is 580 g/mol. The van der Waals surface area contributed by atoms with Gasteiger partial charge in [-0.25, -0.2) is 9.50 Å². The van der Waals surface area contributed by atoms with Gasteiger partial charge in [-0.05, 0) is 43.3 Å². The number of fused-ring (bicyclic) bond motifs is 2. The minimum absolute atomic E-state index is 0.0142. The molecule has 2 aromatic carbocycles. The number of halogens is 3. The molecule has 218 valence electrons. The molecular formula is C30H28F3N5O4. The molecule has 1 aliphatic rings. The molecule has 42 heavy (non-hydrogen) atoms. The minimum atomic E-state index is -4.74. The molecular weight excluding hydrogens is 551 g/mol. The summed E-state index contributed by atoms with van der Waals surface area (Å²) in [6.45, 7) is 2.65. The van der Waals surface area contributed by atoms with E-state index in [1.54, 1.807) is 29.2 Å². The van der Waals surface area contributed by atoms with Crippen molar-refractivity contribution in [2.75, 3.05) is 39.9 Å². The number of carbonyl (C=O) groups is 1. The number of aliphatic hydroxyl groups excluding tert-OH is 1. The van der Waals surface area contributed by atoms with E-state index in [0.29, 0.717) is 47.8 Å². The van der Waals surface area contributed by atoms with Gasteiger partial charge in [-0.2, -0.15) is 18.3 Å². The van der Waals surface area contributed by atoms with Gasteiger partial charge in [0.2, 0.25) is 0 Å². The number of benzene rings is 2. The molecule has 6 rings (SSSR count). The van der Waals surface area contributed by atoms with Crippen LogP contribution >= 0.6 is 0 Å². The molecule has 0 saturated carbocycles. The van der Waals surface area contributed by atoms with Gasteiger partial charge in [0.05, 0.1) is 31.6 Å². The number of para-hydroxylation sites is 1. The Labute approximate surface area is 238 Å². The Bertz CT molecular complexity index is 1720. The number of furan rings is 1. The Morgan fingerprint density at radius 2 is 1.81 bits per heavy atom. The van der Waals surface area contributed by atoms with E-state index in [0.717, 1.165) is 17.2 Å². The van der Waals surface area contributed by atoms with Crippen molar-refractivity contribution in [2.45, 2.75) is 19.1 Å². The third-order valence-electron chi connectivity index (χ3n) is 7.73. The van der Waals surface area contributed by atoms with Crippen LogP contribution in [0.2, 0.25) is 0 Å². The lowest BCUT2D eigenvalue weighted by Crippen LogP contribution is -2.50. The summed E-state index contributed by atoms with van der Waals surface area (Å²) in [7, 11) is 1.50. The van der Waals surface area contributed by atoms with Gasteiger partial charge in [-0.1, -0.05) is 18.2 Å². The molecule has 9 nitrogen and oxygen atoms in total. The molecule has 3 aromatic heterocycles. The van der Waals surface area contributed by atoms with Crippen LogP contribution in [0.25, 0.3) is 27.9 Å². The third-order valence-corrected chi connectivity index (χ3v) is 7.73. The summed E-state index contributed by atoms with van der Waals surface area (Å²) in [6.07, 6.45) is -3.59. The predicted octanol–water partition coefficient (Wildman–Crippen LogP) is 4.97. The lowest BCUT2D eigenvalue weighted by atomic mass is 10.0. The van der Waals surface area contributed by atoms with Crippen LogP contribution in [0, 0.1) is 6.92 Å². The second kappa shape index (κ2) is 10.8. The Hall–Kier alpha value is -4.42. The molecule has 0 radical (unpaired) electrons. The zero-order valence-corrected chi connectivity index (χ0v) is 22.9. The fourth-order valence-corrected chi connectivity index (χ4v) is 5.55. The smallest absolute Gasteiger partial charge is 0.433 e. The highest BCUT2D eigenvalue weighted by Crippen LogP contribution is 2.37. The van der Waals surface area contributed by atoms with Gasteiger partial charge in [-0.3, -0.25) is 9.69 Å². The number of hydrogen-bond donors (Lipinski definition) is 1. The minimum Gasteiger partial charge on any atom is -0.497 e. The van der Waals surface area contributed by atoms with Gasteiger partial charge in [0.15, 0.2) is 11.3 Å². The SMILES string of the molecule is COc1ccc(-c2nc3c(C(=O)N4CCN([C@H](CO)c5cc6ccccc6o5)CC4)cnn3c(C(F)(F)F)c2C)cc1. The predicted molar refractivity (Wildman–Crippen MR) is 148 cm³/mol. The molecule has 1 fully saturated rings. The Morgan fingerprint density at radius 1 is 1.10 bits per heavy atom. The molecule has 1 aliphatic heterocycles. The molecule has 0 unspecified atom stereocenters. The highest BCUT2D eigenvalue weighted by atomic mass is 19.4. The normalized spacial score (nSPS) is 15.4. The van der Waals surface area contributed by atoms with Crippen LogP contribution in [0.4, 0.5) is 13.2 Å². The van der Waals surface area contributed by atoms with Crippen LogP contribution in [-0.2, 0) is 6.18 Å². The summed E-state index contributed by atoms with van der Waals surface area (Å²) in [5.41, 5.74) is 0.0168. The van der Waals surface area contributed by atoms with E-state index in [4.69, 9.17) is 9.15 Å². The van der Waals surface area contributed by atoms with Gasteiger partial charge in [0.25, 0.3) is 5.91 Å². The van der Waals surface area contributed by atoms with Crippen LogP contribution in [0.5, 0.6) is 5.75 Å². The van der Waals surface area contributed by atoms with E-state index in [1.807, 2.05) is 35.2 Å². The summed E-state index contributed by atoms with van der Waals surface area (Å²) >= 11 is 0. The van der Waals surface area contributed by atoms with E-state index in [2.05, 4.69) is 10.1 Å². The summed E-state index contributed by atoms with van der Waals surface area (Å²) in [5.74, 6) is 0.724. The van der Waals surface area contributed by atoms with Crippen LogP contribution in [0.3, 0.4) is 0 Å². The molecule has 1 N–H and O–H groups in total. The van der Waals surface area contributed by atoms with Crippen LogP contribution in [0.1, 0.15) is 33.4 Å². The van der Waals surface area contributed by atoms with E-state index in [9.17, 15) is 23.1 Å². The molecule has 0 spiro atoms. The molecule has 12 heteroatoms. The maximum atomic E-state index is 14.3. The first-order chi connectivity index (χ1) is 20.2. The van der Waals surface area contributed by atoms with Crippen LogP contribution < -0.4 is 4.74 Å². The van der Waals surface area contributed by atoms with Gasteiger partial charge in [0, 0.05) is 42.7 Å². The first-order valence-electron chi connectivity index (χ1n) is 13.4. The molecule has 1 saturated heterocycles. The molecule has 4 heterocycles. The summed E-state index contributed by atoms with van der Waals surface area (Å²) in [4.78, 5) is 21.8. The average Bonchev–Trinajstić information content (AvgIpc) is 3.60. The van der Waals surface area contributed by atoms with Gasteiger partial charge < -0.3 is 19.2 Å². The number of carbonyl (C=O) groups excluding carboxylic acids is 1. The highest BCUT2D eigenvalue weighted by molar-refractivity contribution is 6.00. The monoisotopic (exact) mass is 579 g/mol. The van der Waals surface area contributed by atoms with Crippen molar-refractivity contribution in [2.24, 2.45) is 0 Å². The summed E-state index contributed by atoms with van der Waals surface area (Å²) < 4.78 is 54.7. The fraction of sp³-hybridized carbons (Fsp3) is 0.300. The first kappa shape index (κ1) is 27.7. The van der Waals surface area contributed by atoms with Gasteiger partial charge >= 0.3 is 6.18 Å². The Kier molecular flexibility index (Phi) is 7.11. The molecule has 5 aromatic rings. The number of ether oxygens (including phenoxy) is 1. The fourth-order valence-electron chi connectivity index (χ4n) is 5.55. The van der Waals surface area contributed by atoms with E-state index >= 15 is 0 Å². The topological polar surface area (TPSA) is 96.3 Å². The molecule has 1 amide bonds. The number of amides is 1. The molecule has 0 bridgehead atoms. The molecule has 0 aliphatic carbocycles. The number of rotatable bonds is 6. The van der Waals surface area contributed by atoms with Crippen molar-refractivity contribution in [3.63, 3.8) is 0 Å². The standard InChI is InChI=1S/C30H28F3N5O4/c1-18-26(19-7-9-21(41-2)10-8-19)35-28-22(16-34-38(28)27(18)30(31,32)33)29(40)37-13-11-36(12-14-37)23(17-39)25-15-20-5-3-4-6-24(20)42-25/h3-10,15-16,23,39H,11-14,17H2,1-2H3/t23-/m1/s1. The van der Waals surface area contributed by atoms with Crippen molar-refractivity contribution in [3.8, 4) is 17.0 Å². The van der Waals surface area contributed by atoms with Crippen LogP contribution in [-0.4, -0.2) is 75.3 Å². The number of methoxy groups -OCH3 is 1. The lowest BCUT2D eigenvalue weighted by Gasteiger charge is -2.37. The van der Waals surface area contributed by atoms with Crippen molar-refractivity contribution in [1.29, 1.82) is 0 Å². The number of hydrogen-bond acceptors (Lipinski definition) is 7. The van der Waals surface area contributed by atoms with Gasteiger partial charge in [0.1, 0.15) is 22.7 Å². The van der Waals surface area contributed by atoms with E-state index in [-0.39, 0.29) is 29.1 Å². The number of nitrogens with zero attached hydrogens (tertiary/aromatic N) is 5. The zero-order chi connectivity index (χ0) is 29.6. The number of piperazine rings is 1. The summed E-state index contributed by atoms with van der Waals surface area (Å²) in [5, 5.41) is 15.0. The number of aliphatic hydroxyl groups is 1. The third kappa shape index (κ3) is 4.86. The van der Waals surface area contributed by atoms with Crippen molar-refractivity contribution in [3.05, 3.63) is 83.4 Å². The second-order valence-corrected chi connectivity index (χ2v) is 10.2. The number of alkyl halides is 3. The van der Waals surface area contributed by atoms with Crippen LogP contribution in [0.15, 0.2) is 65.2 Å². The molecule has 1 atom stereocenters.